The largest absolute Gasteiger partial charge is 0.453 e. The van der Waals surface area contributed by atoms with Gasteiger partial charge in [-0.05, 0) is 43.4 Å². The number of methoxy groups -OCH3 is 1. The SMILES string of the molecule is COC(=O)Nc1ccc(CCC2(N)CC2)cc1. The first kappa shape index (κ1) is 11.9. The van der Waals surface area contributed by atoms with Crippen molar-refractivity contribution < 1.29 is 9.53 Å². The highest BCUT2D eigenvalue weighted by Gasteiger charge is 2.37. The van der Waals surface area contributed by atoms with E-state index in [2.05, 4.69) is 10.1 Å². The number of amides is 1. The molecule has 3 N–H and O–H groups in total. The first-order valence-corrected chi connectivity index (χ1v) is 5.84. The molecule has 0 bridgehead atoms. The second-order valence-electron chi connectivity index (χ2n) is 4.68. The van der Waals surface area contributed by atoms with Crippen molar-refractivity contribution in [2.75, 3.05) is 12.4 Å². The molecule has 1 aliphatic rings. The third kappa shape index (κ3) is 3.46. The van der Waals surface area contributed by atoms with Crippen LogP contribution in [0.1, 0.15) is 24.8 Å². The molecule has 0 heterocycles. The van der Waals surface area contributed by atoms with Gasteiger partial charge in [0, 0.05) is 11.2 Å². The summed E-state index contributed by atoms with van der Waals surface area (Å²) in [4.78, 5) is 11.0. The standard InChI is InChI=1S/C13H18N2O2/c1-17-12(16)15-11-4-2-10(3-5-11)6-7-13(14)8-9-13/h2-5H,6-9,14H2,1H3,(H,15,16). The number of hydrogen-bond donors (Lipinski definition) is 2. The van der Waals surface area contributed by atoms with Crippen LogP contribution in [0, 0.1) is 0 Å². The Morgan fingerprint density at radius 1 is 1.41 bits per heavy atom. The van der Waals surface area contributed by atoms with Crippen LogP contribution in [0.3, 0.4) is 0 Å². The van der Waals surface area contributed by atoms with Crippen LogP contribution in [0.25, 0.3) is 0 Å². The van der Waals surface area contributed by atoms with Crippen LogP contribution in [0.2, 0.25) is 0 Å². The summed E-state index contributed by atoms with van der Waals surface area (Å²) < 4.78 is 4.52. The lowest BCUT2D eigenvalue weighted by atomic mass is 10.0. The van der Waals surface area contributed by atoms with E-state index in [1.54, 1.807) is 0 Å². The molecular formula is C13H18N2O2. The van der Waals surface area contributed by atoms with Gasteiger partial charge in [0.15, 0.2) is 0 Å². The van der Waals surface area contributed by atoms with Crippen molar-refractivity contribution in [3.8, 4) is 0 Å². The molecular weight excluding hydrogens is 216 g/mol. The number of ether oxygens (including phenoxy) is 1. The van der Waals surface area contributed by atoms with Gasteiger partial charge < -0.3 is 10.5 Å². The highest BCUT2D eigenvalue weighted by atomic mass is 16.5. The normalized spacial score (nSPS) is 16.4. The monoisotopic (exact) mass is 234 g/mol. The Labute approximate surface area is 101 Å². The number of rotatable bonds is 4. The molecule has 1 aliphatic carbocycles. The molecule has 0 spiro atoms. The van der Waals surface area contributed by atoms with Crippen LogP contribution in [0.5, 0.6) is 0 Å². The second kappa shape index (κ2) is 4.75. The zero-order valence-electron chi connectivity index (χ0n) is 10.0. The summed E-state index contributed by atoms with van der Waals surface area (Å²) in [7, 11) is 1.35. The van der Waals surface area contributed by atoms with E-state index in [0.717, 1.165) is 31.4 Å². The lowest BCUT2D eigenvalue weighted by Crippen LogP contribution is -2.22. The lowest BCUT2D eigenvalue weighted by Gasteiger charge is -2.09. The number of anilines is 1. The minimum atomic E-state index is -0.448. The number of carbonyl (C=O) groups excluding carboxylic acids is 1. The number of benzene rings is 1. The van der Waals surface area contributed by atoms with Crippen molar-refractivity contribution >= 4 is 11.8 Å². The van der Waals surface area contributed by atoms with E-state index < -0.39 is 6.09 Å². The average molecular weight is 234 g/mol. The van der Waals surface area contributed by atoms with Gasteiger partial charge in [0.05, 0.1) is 7.11 Å². The molecule has 1 amide bonds. The quantitative estimate of drug-likeness (QED) is 0.840. The summed E-state index contributed by atoms with van der Waals surface area (Å²) in [5, 5.41) is 2.62. The summed E-state index contributed by atoms with van der Waals surface area (Å²) in [6.45, 7) is 0. The topological polar surface area (TPSA) is 64.3 Å². The second-order valence-corrected chi connectivity index (χ2v) is 4.68. The molecule has 1 aromatic rings. The summed E-state index contributed by atoms with van der Waals surface area (Å²) in [6.07, 6.45) is 3.88. The molecule has 1 aromatic carbocycles. The first-order chi connectivity index (χ1) is 8.11. The molecule has 0 atom stereocenters. The smallest absolute Gasteiger partial charge is 0.411 e. The summed E-state index contributed by atoms with van der Waals surface area (Å²) in [5.41, 5.74) is 8.13. The van der Waals surface area contributed by atoms with Crippen LogP contribution in [0.4, 0.5) is 10.5 Å². The lowest BCUT2D eigenvalue weighted by molar-refractivity contribution is 0.187. The number of carbonyl (C=O) groups is 1. The van der Waals surface area contributed by atoms with Crippen LogP contribution in [-0.4, -0.2) is 18.7 Å². The summed E-state index contributed by atoms with van der Waals surface area (Å²) in [6, 6.07) is 7.78. The van der Waals surface area contributed by atoms with Crippen molar-refractivity contribution in [2.45, 2.75) is 31.2 Å². The zero-order chi connectivity index (χ0) is 12.3. The predicted molar refractivity (Wildman–Crippen MR) is 66.9 cm³/mol. The van der Waals surface area contributed by atoms with Gasteiger partial charge in [0.2, 0.25) is 0 Å². The average Bonchev–Trinajstić information content (AvgIpc) is 3.07. The Bertz CT molecular complexity index is 396. The molecule has 0 aliphatic heterocycles. The molecule has 0 aromatic heterocycles. The van der Waals surface area contributed by atoms with Crippen molar-refractivity contribution in [1.29, 1.82) is 0 Å². The Morgan fingerprint density at radius 2 is 2.06 bits per heavy atom. The van der Waals surface area contributed by atoms with Gasteiger partial charge in [-0.2, -0.15) is 0 Å². The van der Waals surface area contributed by atoms with Crippen LogP contribution in [0.15, 0.2) is 24.3 Å². The van der Waals surface area contributed by atoms with E-state index in [-0.39, 0.29) is 5.54 Å². The number of hydrogen-bond acceptors (Lipinski definition) is 3. The molecule has 2 rings (SSSR count). The van der Waals surface area contributed by atoms with Crippen molar-refractivity contribution in [3.05, 3.63) is 29.8 Å². The summed E-state index contributed by atoms with van der Waals surface area (Å²) >= 11 is 0. The minimum Gasteiger partial charge on any atom is -0.453 e. The van der Waals surface area contributed by atoms with Crippen LogP contribution < -0.4 is 11.1 Å². The highest BCUT2D eigenvalue weighted by Crippen LogP contribution is 2.36. The first-order valence-electron chi connectivity index (χ1n) is 5.84. The third-order valence-corrected chi connectivity index (χ3v) is 3.19. The Kier molecular flexibility index (Phi) is 3.33. The zero-order valence-corrected chi connectivity index (χ0v) is 10.0. The molecule has 0 saturated heterocycles. The van der Waals surface area contributed by atoms with E-state index in [0.29, 0.717) is 0 Å². The fourth-order valence-corrected chi connectivity index (χ4v) is 1.73. The maximum atomic E-state index is 11.0. The van der Waals surface area contributed by atoms with Crippen LogP contribution >= 0.6 is 0 Å². The highest BCUT2D eigenvalue weighted by molar-refractivity contribution is 5.84. The van der Waals surface area contributed by atoms with Crippen LogP contribution in [-0.2, 0) is 11.2 Å². The van der Waals surface area contributed by atoms with E-state index in [1.165, 1.54) is 12.7 Å². The van der Waals surface area contributed by atoms with Gasteiger partial charge >= 0.3 is 6.09 Å². The van der Waals surface area contributed by atoms with Gasteiger partial charge in [0.25, 0.3) is 0 Å². The maximum Gasteiger partial charge on any atom is 0.411 e. The number of nitrogens with one attached hydrogen (secondary N) is 1. The minimum absolute atomic E-state index is 0.100. The van der Waals surface area contributed by atoms with E-state index in [1.807, 2.05) is 24.3 Å². The number of nitrogens with two attached hydrogens (primary N) is 1. The van der Waals surface area contributed by atoms with Gasteiger partial charge in [-0.15, -0.1) is 0 Å². The molecule has 4 nitrogen and oxygen atoms in total. The van der Waals surface area contributed by atoms with Gasteiger partial charge in [-0.1, -0.05) is 12.1 Å². The van der Waals surface area contributed by atoms with Gasteiger partial charge in [0.1, 0.15) is 0 Å². The summed E-state index contributed by atoms with van der Waals surface area (Å²) in [5.74, 6) is 0. The van der Waals surface area contributed by atoms with Crippen molar-refractivity contribution in [1.82, 2.24) is 0 Å². The number of aryl methyl sites for hydroxylation is 1. The van der Waals surface area contributed by atoms with E-state index in [4.69, 9.17) is 5.73 Å². The van der Waals surface area contributed by atoms with E-state index in [9.17, 15) is 4.79 Å². The Balaban J connectivity index is 1.86. The fraction of sp³-hybridized carbons (Fsp3) is 0.462. The van der Waals surface area contributed by atoms with Gasteiger partial charge in [-0.3, -0.25) is 5.32 Å². The molecule has 4 heteroatoms. The van der Waals surface area contributed by atoms with E-state index >= 15 is 0 Å². The van der Waals surface area contributed by atoms with Crippen molar-refractivity contribution in [2.24, 2.45) is 5.73 Å². The Hall–Kier alpha value is -1.55. The third-order valence-electron chi connectivity index (χ3n) is 3.19. The molecule has 1 saturated carbocycles. The molecule has 17 heavy (non-hydrogen) atoms. The van der Waals surface area contributed by atoms with Gasteiger partial charge in [-0.25, -0.2) is 4.79 Å². The Morgan fingerprint density at radius 3 is 2.59 bits per heavy atom. The maximum absolute atomic E-state index is 11.0. The molecule has 0 unspecified atom stereocenters. The molecule has 0 radical (unpaired) electrons. The fourth-order valence-electron chi connectivity index (χ4n) is 1.73. The molecule has 1 fully saturated rings. The molecule has 92 valence electrons. The predicted octanol–water partition coefficient (Wildman–Crippen LogP) is 2.29. The van der Waals surface area contributed by atoms with Crippen molar-refractivity contribution in [3.63, 3.8) is 0 Å².